The van der Waals surface area contributed by atoms with E-state index in [1.165, 1.54) is 12.0 Å². The molecule has 1 aromatic heterocycles. The van der Waals surface area contributed by atoms with E-state index in [-0.39, 0.29) is 12.6 Å². The Morgan fingerprint density at radius 2 is 1.58 bits per heavy atom. The van der Waals surface area contributed by atoms with Crippen LogP contribution in [0.5, 0.6) is 0 Å². The van der Waals surface area contributed by atoms with E-state index in [0.29, 0.717) is 12.0 Å². The molecular weight excluding hydrogens is 408 g/mol. The van der Waals surface area contributed by atoms with Gasteiger partial charge in [0.15, 0.2) is 0 Å². The molecule has 0 unspecified atom stereocenters. The fourth-order valence-corrected chi connectivity index (χ4v) is 5.28. The van der Waals surface area contributed by atoms with E-state index in [0.717, 1.165) is 49.3 Å². The monoisotopic (exact) mass is 438 g/mol. The molecule has 168 valence electrons. The van der Waals surface area contributed by atoms with E-state index in [9.17, 15) is 5.11 Å². The number of aliphatic hydroxyl groups is 1. The number of hydrogen-bond acceptors (Lipinski definition) is 5. The maximum Gasteiger partial charge on any atom is 0.115 e. The van der Waals surface area contributed by atoms with Crippen molar-refractivity contribution >= 4 is 0 Å². The lowest BCUT2D eigenvalue weighted by Crippen LogP contribution is -2.67. The molecule has 2 aliphatic rings. The van der Waals surface area contributed by atoms with Gasteiger partial charge < -0.3 is 5.11 Å². The van der Waals surface area contributed by atoms with Crippen molar-refractivity contribution in [2.24, 2.45) is 0 Å². The molecular formula is C28H30N4O. The molecule has 2 saturated heterocycles. The van der Waals surface area contributed by atoms with Gasteiger partial charge in [-0.25, -0.2) is 9.97 Å². The number of aromatic nitrogens is 2. The highest BCUT2D eigenvalue weighted by Gasteiger charge is 2.48. The van der Waals surface area contributed by atoms with Crippen LogP contribution in [0, 0.1) is 11.8 Å². The number of aliphatic hydroxyl groups excluding tert-OH is 1. The second-order valence-corrected chi connectivity index (χ2v) is 9.01. The second-order valence-electron chi connectivity index (χ2n) is 9.01. The summed E-state index contributed by atoms with van der Waals surface area (Å²) in [5.41, 5.74) is 4.49. The van der Waals surface area contributed by atoms with Crippen LogP contribution in [0.2, 0.25) is 0 Å². The number of fused-ring (bicyclic) bond motifs is 1. The number of nitrogens with zero attached hydrogens (tertiary/aromatic N) is 4. The first-order valence-corrected chi connectivity index (χ1v) is 11.8. The van der Waals surface area contributed by atoms with Crippen LogP contribution in [0.4, 0.5) is 0 Å². The molecule has 5 rings (SSSR count). The highest BCUT2D eigenvalue weighted by Crippen LogP contribution is 2.42. The van der Waals surface area contributed by atoms with Gasteiger partial charge in [0, 0.05) is 60.2 Å². The number of hydrogen-bond donors (Lipinski definition) is 1. The van der Waals surface area contributed by atoms with Crippen LogP contribution in [-0.2, 0) is 6.54 Å². The normalized spacial score (nSPS) is 23.4. The van der Waals surface area contributed by atoms with E-state index in [1.54, 1.807) is 6.33 Å². The minimum atomic E-state index is 0.191. The number of rotatable bonds is 4. The average molecular weight is 439 g/mol. The predicted molar refractivity (Wildman–Crippen MR) is 130 cm³/mol. The van der Waals surface area contributed by atoms with Crippen LogP contribution in [0.15, 0.2) is 73.3 Å². The molecule has 2 aliphatic heterocycles. The topological polar surface area (TPSA) is 52.5 Å². The van der Waals surface area contributed by atoms with Crippen LogP contribution in [-0.4, -0.2) is 63.2 Å². The summed E-state index contributed by atoms with van der Waals surface area (Å²) in [6.07, 6.45) is 7.74. The summed E-state index contributed by atoms with van der Waals surface area (Å²) in [6.45, 7) is 4.21. The molecule has 33 heavy (non-hydrogen) atoms. The zero-order valence-corrected chi connectivity index (χ0v) is 18.8. The third kappa shape index (κ3) is 4.99. The molecule has 0 bridgehead atoms. The lowest BCUT2D eigenvalue weighted by molar-refractivity contribution is -0.0655. The van der Waals surface area contributed by atoms with Crippen molar-refractivity contribution in [2.75, 3.05) is 26.2 Å². The van der Waals surface area contributed by atoms with Gasteiger partial charge in [-0.15, -0.1) is 0 Å². The predicted octanol–water partition coefficient (Wildman–Crippen LogP) is 3.30. The standard InChI is InChI=1S/C28H30N4O/c33-20-27-28(25-12-10-23(11-13-25)9-8-22-6-2-1-3-7-22)26-19-31(14-4-5-15-32(26)27)18-24-16-29-21-30-17-24/h1-3,6-7,10-13,16-17,21,26-28,33H,4-5,14-15,18-20H2/t26-,27-,28+/m1/s1. The maximum atomic E-state index is 10.2. The van der Waals surface area contributed by atoms with Crippen molar-refractivity contribution in [3.05, 3.63) is 95.6 Å². The van der Waals surface area contributed by atoms with Crippen LogP contribution in [0.25, 0.3) is 0 Å². The molecule has 3 heterocycles. The Hall–Kier alpha value is -3.04. The van der Waals surface area contributed by atoms with Crippen LogP contribution >= 0.6 is 0 Å². The van der Waals surface area contributed by atoms with E-state index in [2.05, 4.69) is 55.9 Å². The lowest BCUT2D eigenvalue weighted by atomic mass is 9.74. The number of benzene rings is 2. The summed E-state index contributed by atoms with van der Waals surface area (Å²) in [5, 5.41) is 10.2. The largest absolute Gasteiger partial charge is 0.395 e. The van der Waals surface area contributed by atoms with Crippen LogP contribution in [0.1, 0.15) is 41.0 Å². The van der Waals surface area contributed by atoms with Gasteiger partial charge in [-0.05, 0) is 55.8 Å². The zero-order valence-electron chi connectivity index (χ0n) is 18.8. The summed E-state index contributed by atoms with van der Waals surface area (Å²) in [4.78, 5) is 13.4. The molecule has 1 N–H and O–H groups in total. The van der Waals surface area contributed by atoms with Crippen molar-refractivity contribution in [1.29, 1.82) is 0 Å². The third-order valence-electron chi connectivity index (χ3n) is 6.89. The van der Waals surface area contributed by atoms with Gasteiger partial charge in [0.25, 0.3) is 0 Å². The Kier molecular flexibility index (Phi) is 6.78. The van der Waals surface area contributed by atoms with Crippen molar-refractivity contribution < 1.29 is 5.11 Å². The minimum absolute atomic E-state index is 0.191. The van der Waals surface area contributed by atoms with Crippen molar-refractivity contribution in [2.45, 2.75) is 37.4 Å². The molecule has 0 radical (unpaired) electrons. The summed E-state index contributed by atoms with van der Waals surface area (Å²) in [5.74, 6) is 6.83. The Balaban J connectivity index is 1.32. The van der Waals surface area contributed by atoms with E-state index >= 15 is 0 Å². The van der Waals surface area contributed by atoms with Gasteiger partial charge in [-0.1, -0.05) is 42.2 Å². The average Bonchev–Trinajstić information content (AvgIpc) is 2.85. The van der Waals surface area contributed by atoms with Gasteiger partial charge in [-0.3, -0.25) is 9.80 Å². The highest BCUT2D eigenvalue weighted by molar-refractivity contribution is 5.44. The Morgan fingerprint density at radius 3 is 2.30 bits per heavy atom. The Bertz CT molecular complexity index is 1090. The fraction of sp³-hybridized carbons (Fsp3) is 0.357. The first-order valence-electron chi connectivity index (χ1n) is 11.8. The molecule has 0 spiro atoms. The van der Waals surface area contributed by atoms with E-state index in [4.69, 9.17) is 0 Å². The minimum Gasteiger partial charge on any atom is -0.395 e. The first kappa shape index (κ1) is 21.8. The van der Waals surface area contributed by atoms with Crippen molar-refractivity contribution in [1.82, 2.24) is 19.8 Å². The SMILES string of the molecule is OC[C@@H]1[C@@H](c2ccc(C#Cc3ccccc3)cc2)[C@H]2CN(Cc3cncnc3)CCCCN12. The van der Waals surface area contributed by atoms with Gasteiger partial charge >= 0.3 is 0 Å². The smallest absolute Gasteiger partial charge is 0.115 e. The van der Waals surface area contributed by atoms with Gasteiger partial charge in [0.05, 0.1) is 6.61 Å². The summed E-state index contributed by atoms with van der Waals surface area (Å²) >= 11 is 0. The van der Waals surface area contributed by atoms with E-state index < -0.39 is 0 Å². The van der Waals surface area contributed by atoms with Crippen LogP contribution in [0.3, 0.4) is 0 Å². The zero-order chi connectivity index (χ0) is 22.5. The fourth-order valence-electron chi connectivity index (χ4n) is 5.28. The maximum absolute atomic E-state index is 10.2. The molecule has 2 aromatic carbocycles. The summed E-state index contributed by atoms with van der Waals surface area (Å²) in [7, 11) is 0. The molecule has 5 heteroatoms. The summed E-state index contributed by atoms with van der Waals surface area (Å²) in [6, 6.07) is 19.3. The quantitative estimate of drug-likeness (QED) is 0.634. The summed E-state index contributed by atoms with van der Waals surface area (Å²) < 4.78 is 0. The van der Waals surface area contributed by atoms with Crippen molar-refractivity contribution in [3.8, 4) is 11.8 Å². The van der Waals surface area contributed by atoms with Crippen LogP contribution < -0.4 is 0 Å². The molecule has 2 fully saturated rings. The molecule has 0 amide bonds. The first-order chi connectivity index (χ1) is 16.3. The van der Waals surface area contributed by atoms with E-state index in [1.807, 2.05) is 42.7 Å². The molecule has 3 atom stereocenters. The highest BCUT2D eigenvalue weighted by atomic mass is 16.3. The van der Waals surface area contributed by atoms with Crippen molar-refractivity contribution in [3.63, 3.8) is 0 Å². The molecule has 0 saturated carbocycles. The lowest BCUT2D eigenvalue weighted by Gasteiger charge is -2.57. The van der Waals surface area contributed by atoms with Gasteiger partial charge in [0.2, 0.25) is 0 Å². The second kappa shape index (κ2) is 10.3. The molecule has 3 aromatic rings. The molecule has 0 aliphatic carbocycles. The Morgan fingerprint density at radius 1 is 0.879 bits per heavy atom. The molecule has 5 nitrogen and oxygen atoms in total. The third-order valence-corrected chi connectivity index (χ3v) is 6.89. The Labute approximate surface area is 196 Å². The van der Waals surface area contributed by atoms with Gasteiger partial charge in [-0.2, -0.15) is 0 Å². The van der Waals surface area contributed by atoms with Gasteiger partial charge in [0.1, 0.15) is 6.33 Å².